The van der Waals surface area contributed by atoms with E-state index < -0.39 is 0 Å². The number of aromatic nitrogens is 2. The van der Waals surface area contributed by atoms with Crippen LogP contribution in [0, 0.1) is 12.8 Å². The standard InChI is InChI=1S/C17H28N4O2/c1-14-4-5-17(19-18-14)21-7-6-16(15(13-21)3-2-10-22)20-8-11-23-12-9-20/h4-5,15-16,22H,2-3,6-13H2,1H3/t15-,16+/m1/s1. The summed E-state index contributed by atoms with van der Waals surface area (Å²) in [6, 6.07) is 4.69. The van der Waals surface area contributed by atoms with E-state index in [4.69, 9.17) is 4.74 Å². The van der Waals surface area contributed by atoms with Crippen molar-refractivity contribution in [3.8, 4) is 0 Å². The third kappa shape index (κ3) is 4.19. The zero-order valence-electron chi connectivity index (χ0n) is 14.0. The molecule has 0 aromatic carbocycles. The van der Waals surface area contributed by atoms with Crippen molar-refractivity contribution >= 4 is 5.82 Å². The van der Waals surface area contributed by atoms with Gasteiger partial charge in [-0.2, -0.15) is 5.10 Å². The summed E-state index contributed by atoms with van der Waals surface area (Å²) in [5.74, 6) is 1.54. The Morgan fingerprint density at radius 1 is 1.22 bits per heavy atom. The Hall–Kier alpha value is -1.24. The molecule has 128 valence electrons. The van der Waals surface area contributed by atoms with Crippen molar-refractivity contribution in [2.75, 3.05) is 50.9 Å². The average Bonchev–Trinajstić information content (AvgIpc) is 2.61. The lowest BCUT2D eigenvalue weighted by Crippen LogP contribution is -2.54. The van der Waals surface area contributed by atoms with Crippen LogP contribution in [-0.4, -0.2) is 72.2 Å². The number of aryl methyl sites for hydroxylation is 1. The van der Waals surface area contributed by atoms with Gasteiger partial charge in [0.05, 0.1) is 18.9 Å². The van der Waals surface area contributed by atoms with E-state index in [1.54, 1.807) is 0 Å². The van der Waals surface area contributed by atoms with E-state index in [1.165, 1.54) is 0 Å². The number of nitrogens with zero attached hydrogens (tertiary/aromatic N) is 4. The summed E-state index contributed by atoms with van der Waals surface area (Å²) in [6.45, 7) is 8.01. The van der Waals surface area contributed by atoms with Crippen LogP contribution in [-0.2, 0) is 4.74 Å². The molecule has 2 aliphatic heterocycles. The molecule has 0 amide bonds. The first-order valence-electron chi connectivity index (χ1n) is 8.76. The molecule has 6 nitrogen and oxygen atoms in total. The summed E-state index contributed by atoms with van der Waals surface area (Å²) in [7, 11) is 0. The van der Waals surface area contributed by atoms with Crippen LogP contribution in [0.4, 0.5) is 5.82 Å². The third-order valence-electron chi connectivity index (χ3n) is 5.05. The first-order valence-corrected chi connectivity index (χ1v) is 8.76. The normalized spacial score (nSPS) is 26.4. The minimum Gasteiger partial charge on any atom is -0.396 e. The zero-order valence-corrected chi connectivity index (χ0v) is 14.0. The summed E-state index contributed by atoms with van der Waals surface area (Å²) in [4.78, 5) is 4.94. The van der Waals surface area contributed by atoms with Crippen molar-refractivity contribution in [3.63, 3.8) is 0 Å². The van der Waals surface area contributed by atoms with Crippen molar-refractivity contribution in [1.82, 2.24) is 15.1 Å². The van der Waals surface area contributed by atoms with Gasteiger partial charge in [-0.25, -0.2) is 0 Å². The van der Waals surface area contributed by atoms with E-state index in [9.17, 15) is 5.11 Å². The molecule has 0 radical (unpaired) electrons. The number of morpholine rings is 1. The highest BCUT2D eigenvalue weighted by Crippen LogP contribution is 2.29. The van der Waals surface area contributed by atoms with Crippen molar-refractivity contribution in [3.05, 3.63) is 17.8 Å². The summed E-state index contributed by atoms with van der Waals surface area (Å²) >= 11 is 0. The van der Waals surface area contributed by atoms with Crippen molar-refractivity contribution in [1.29, 1.82) is 0 Å². The summed E-state index contributed by atoms with van der Waals surface area (Å²) < 4.78 is 5.50. The predicted molar refractivity (Wildman–Crippen MR) is 89.6 cm³/mol. The van der Waals surface area contributed by atoms with E-state index in [2.05, 4.69) is 26.1 Å². The Bertz CT molecular complexity index is 476. The number of anilines is 1. The molecule has 0 unspecified atom stereocenters. The summed E-state index contributed by atoms with van der Waals surface area (Å²) in [5.41, 5.74) is 0.953. The number of ether oxygens (including phenoxy) is 1. The van der Waals surface area contributed by atoms with E-state index in [0.29, 0.717) is 12.0 Å². The average molecular weight is 320 g/mol. The molecule has 2 aliphatic rings. The van der Waals surface area contributed by atoms with Gasteiger partial charge in [0.15, 0.2) is 5.82 Å². The maximum atomic E-state index is 9.24. The lowest BCUT2D eigenvalue weighted by molar-refractivity contribution is -0.00416. The molecule has 3 heterocycles. The highest BCUT2D eigenvalue weighted by atomic mass is 16.5. The predicted octanol–water partition coefficient (Wildman–Crippen LogP) is 1.08. The fourth-order valence-corrected chi connectivity index (χ4v) is 3.82. The fraction of sp³-hybridized carbons (Fsp3) is 0.765. The van der Waals surface area contributed by atoms with Crippen LogP contribution in [0.2, 0.25) is 0 Å². The van der Waals surface area contributed by atoms with Gasteiger partial charge >= 0.3 is 0 Å². The third-order valence-corrected chi connectivity index (χ3v) is 5.05. The Morgan fingerprint density at radius 2 is 2.04 bits per heavy atom. The van der Waals surface area contributed by atoms with Gasteiger partial charge in [0, 0.05) is 38.8 Å². The zero-order chi connectivity index (χ0) is 16.1. The first-order chi connectivity index (χ1) is 11.3. The van der Waals surface area contributed by atoms with Crippen LogP contribution >= 0.6 is 0 Å². The summed E-state index contributed by atoms with van der Waals surface area (Å²) in [5, 5.41) is 17.8. The molecule has 23 heavy (non-hydrogen) atoms. The molecule has 0 spiro atoms. The molecule has 2 fully saturated rings. The van der Waals surface area contributed by atoms with Crippen LogP contribution in [0.5, 0.6) is 0 Å². The van der Waals surface area contributed by atoms with Gasteiger partial charge in [-0.1, -0.05) is 0 Å². The van der Waals surface area contributed by atoms with Crippen molar-refractivity contribution < 1.29 is 9.84 Å². The summed E-state index contributed by atoms with van der Waals surface area (Å²) in [6.07, 6.45) is 3.08. The molecule has 1 N–H and O–H groups in total. The second-order valence-corrected chi connectivity index (χ2v) is 6.61. The number of hydrogen-bond donors (Lipinski definition) is 1. The van der Waals surface area contributed by atoms with Gasteiger partial charge in [-0.15, -0.1) is 5.10 Å². The highest BCUT2D eigenvalue weighted by molar-refractivity contribution is 5.38. The van der Waals surface area contributed by atoms with Gasteiger partial charge in [-0.05, 0) is 44.2 Å². The topological polar surface area (TPSA) is 61.7 Å². The minimum atomic E-state index is 0.274. The minimum absolute atomic E-state index is 0.274. The van der Waals surface area contributed by atoms with Gasteiger partial charge < -0.3 is 14.7 Å². The monoisotopic (exact) mass is 320 g/mol. The molecule has 2 atom stereocenters. The van der Waals surface area contributed by atoms with E-state index in [1.807, 2.05) is 13.0 Å². The number of piperidine rings is 1. The molecule has 3 rings (SSSR count). The maximum Gasteiger partial charge on any atom is 0.151 e. The Labute approximate surface area is 138 Å². The second-order valence-electron chi connectivity index (χ2n) is 6.61. The van der Waals surface area contributed by atoms with Crippen molar-refractivity contribution in [2.24, 2.45) is 5.92 Å². The van der Waals surface area contributed by atoms with Crippen molar-refractivity contribution in [2.45, 2.75) is 32.2 Å². The van der Waals surface area contributed by atoms with Crippen LogP contribution in [0.25, 0.3) is 0 Å². The Morgan fingerprint density at radius 3 is 2.74 bits per heavy atom. The molecular weight excluding hydrogens is 292 g/mol. The molecule has 0 saturated carbocycles. The van der Waals surface area contributed by atoms with E-state index >= 15 is 0 Å². The molecular formula is C17H28N4O2. The number of hydrogen-bond acceptors (Lipinski definition) is 6. The SMILES string of the molecule is Cc1ccc(N2CC[C@H](N3CCOCC3)[C@H](CCCO)C2)nn1. The van der Waals surface area contributed by atoms with E-state index in [0.717, 1.165) is 70.2 Å². The van der Waals surface area contributed by atoms with Gasteiger partial charge in [0.1, 0.15) is 0 Å². The molecule has 0 aliphatic carbocycles. The Balaban J connectivity index is 1.68. The molecule has 2 saturated heterocycles. The largest absolute Gasteiger partial charge is 0.396 e. The number of aliphatic hydroxyl groups excluding tert-OH is 1. The van der Waals surface area contributed by atoms with Gasteiger partial charge in [0.2, 0.25) is 0 Å². The highest BCUT2D eigenvalue weighted by Gasteiger charge is 2.34. The molecule has 1 aromatic rings. The maximum absolute atomic E-state index is 9.24. The Kier molecular flexibility index (Phi) is 5.80. The number of aliphatic hydroxyl groups is 1. The lowest BCUT2D eigenvalue weighted by Gasteiger charge is -2.45. The lowest BCUT2D eigenvalue weighted by atomic mass is 9.87. The van der Waals surface area contributed by atoms with Crippen LogP contribution < -0.4 is 4.90 Å². The van der Waals surface area contributed by atoms with Gasteiger partial charge in [0.25, 0.3) is 0 Å². The molecule has 1 aromatic heterocycles. The first kappa shape index (κ1) is 16.6. The van der Waals surface area contributed by atoms with Crippen LogP contribution in [0.1, 0.15) is 25.0 Å². The molecule has 0 bridgehead atoms. The quantitative estimate of drug-likeness (QED) is 0.876. The van der Waals surface area contributed by atoms with E-state index in [-0.39, 0.29) is 6.61 Å². The second kappa shape index (κ2) is 8.04. The number of rotatable bonds is 5. The van der Waals surface area contributed by atoms with Gasteiger partial charge in [-0.3, -0.25) is 4.90 Å². The smallest absolute Gasteiger partial charge is 0.151 e. The molecule has 6 heteroatoms. The van der Waals surface area contributed by atoms with Crippen LogP contribution in [0.3, 0.4) is 0 Å². The fourth-order valence-electron chi connectivity index (χ4n) is 3.82. The van der Waals surface area contributed by atoms with Crippen LogP contribution in [0.15, 0.2) is 12.1 Å².